The topological polar surface area (TPSA) is 87.1 Å². The first kappa shape index (κ1) is 15.3. The molecule has 0 spiro atoms. The Labute approximate surface area is 118 Å². The van der Waals surface area contributed by atoms with Gasteiger partial charge in [0.2, 0.25) is 0 Å². The summed E-state index contributed by atoms with van der Waals surface area (Å²) in [6.07, 6.45) is -2.76. The minimum absolute atomic E-state index is 0.130. The van der Waals surface area contributed by atoms with Crippen LogP contribution in [0.15, 0.2) is 6.20 Å². The van der Waals surface area contributed by atoms with Crippen LogP contribution in [-0.4, -0.2) is 33.3 Å². The maximum Gasteiger partial charge on any atom is 0.434 e. The van der Waals surface area contributed by atoms with Crippen molar-refractivity contribution >= 4 is 11.9 Å². The number of halogens is 3. The van der Waals surface area contributed by atoms with Gasteiger partial charge in [0, 0.05) is 6.04 Å². The Balaban J connectivity index is 2.11. The van der Waals surface area contributed by atoms with Gasteiger partial charge in [0.05, 0.1) is 17.9 Å². The van der Waals surface area contributed by atoms with Crippen LogP contribution in [0.3, 0.4) is 0 Å². The number of carbonyl (C=O) groups is 1. The second-order valence-corrected chi connectivity index (χ2v) is 4.92. The molecule has 0 saturated heterocycles. The SMILES string of the molecule is Cc1nc(C(F)(F)F)cnc1N[C@H]1CCCC1NC(=O)O. The Morgan fingerprint density at radius 1 is 1.38 bits per heavy atom. The Hall–Kier alpha value is -2.06. The fraction of sp³-hybridized carbons (Fsp3) is 0.583. The van der Waals surface area contributed by atoms with E-state index in [1.165, 1.54) is 6.92 Å². The van der Waals surface area contributed by atoms with Crippen molar-refractivity contribution in [1.29, 1.82) is 0 Å². The lowest BCUT2D eigenvalue weighted by Crippen LogP contribution is -2.43. The predicted octanol–water partition coefficient (Wildman–Crippen LogP) is 2.40. The molecule has 1 unspecified atom stereocenters. The van der Waals surface area contributed by atoms with Crippen molar-refractivity contribution in [2.24, 2.45) is 0 Å². The number of alkyl halides is 3. The Bertz CT molecular complexity index is 536. The number of hydrogen-bond donors (Lipinski definition) is 3. The molecule has 0 radical (unpaired) electrons. The van der Waals surface area contributed by atoms with Crippen LogP contribution in [-0.2, 0) is 6.18 Å². The van der Waals surface area contributed by atoms with E-state index in [9.17, 15) is 18.0 Å². The van der Waals surface area contributed by atoms with E-state index in [-0.39, 0.29) is 23.6 Å². The lowest BCUT2D eigenvalue weighted by molar-refractivity contribution is -0.141. The standard InChI is InChI=1S/C12H15F3N4O2/c1-6-10(16-5-9(17-6)12(13,14)15)18-7-3-2-4-8(7)19-11(20)21/h5,7-8,19H,2-4H2,1H3,(H,16,18)(H,20,21)/t7-,8?/m0/s1. The molecular weight excluding hydrogens is 289 g/mol. The van der Waals surface area contributed by atoms with E-state index in [0.717, 1.165) is 6.42 Å². The molecule has 1 fully saturated rings. The lowest BCUT2D eigenvalue weighted by Gasteiger charge is -2.22. The highest BCUT2D eigenvalue weighted by atomic mass is 19.4. The summed E-state index contributed by atoms with van der Waals surface area (Å²) in [4.78, 5) is 17.9. The minimum atomic E-state index is -4.53. The molecule has 1 saturated carbocycles. The average Bonchev–Trinajstić information content (AvgIpc) is 2.77. The average molecular weight is 304 g/mol. The summed E-state index contributed by atoms with van der Waals surface area (Å²) in [5.41, 5.74) is -0.914. The Morgan fingerprint density at radius 3 is 2.62 bits per heavy atom. The number of rotatable bonds is 3. The van der Waals surface area contributed by atoms with Crippen LogP contribution in [0, 0.1) is 6.92 Å². The second kappa shape index (κ2) is 5.74. The van der Waals surface area contributed by atoms with E-state index in [1.54, 1.807) is 0 Å². The summed E-state index contributed by atoms with van der Waals surface area (Å²) in [5.74, 6) is 0.243. The van der Waals surface area contributed by atoms with Crippen molar-refractivity contribution < 1.29 is 23.1 Å². The van der Waals surface area contributed by atoms with Crippen molar-refractivity contribution in [2.45, 2.75) is 44.4 Å². The number of aromatic nitrogens is 2. The smallest absolute Gasteiger partial charge is 0.434 e. The summed E-state index contributed by atoms with van der Waals surface area (Å²) >= 11 is 0. The number of aryl methyl sites for hydroxylation is 1. The van der Waals surface area contributed by atoms with Gasteiger partial charge in [0.15, 0.2) is 5.69 Å². The minimum Gasteiger partial charge on any atom is -0.465 e. The number of nitrogens with zero attached hydrogens (tertiary/aromatic N) is 2. The number of hydrogen-bond acceptors (Lipinski definition) is 4. The zero-order valence-electron chi connectivity index (χ0n) is 11.2. The molecule has 1 amide bonds. The molecule has 6 nitrogen and oxygen atoms in total. The molecule has 2 atom stereocenters. The van der Waals surface area contributed by atoms with E-state index in [4.69, 9.17) is 5.11 Å². The van der Waals surface area contributed by atoms with Gasteiger partial charge in [0.1, 0.15) is 5.82 Å². The van der Waals surface area contributed by atoms with Gasteiger partial charge in [-0.15, -0.1) is 0 Å². The van der Waals surface area contributed by atoms with Crippen LogP contribution in [0.2, 0.25) is 0 Å². The van der Waals surface area contributed by atoms with Crippen LogP contribution in [0.25, 0.3) is 0 Å². The van der Waals surface area contributed by atoms with Gasteiger partial charge in [-0.1, -0.05) is 0 Å². The molecular formula is C12H15F3N4O2. The molecule has 9 heteroatoms. The van der Waals surface area contributed by atoms with Crippen molar-refractivity contribution in [3.63, 3.8) is 0 Å². The number of amides is 1. The molecule has 1 aromatic rings. The number of nitrogens with one attached hydrogen (secondary N) is 2. The van der Waals surface area contributed by atoms with Gasteiger partial charge in [-0.05, 0) is 26.2 Å². The summed E-state index contributed by atoms with van der Waals surface area (Å²) in [6, 6.07) is -0.489. The molecule has 2 rings (SSSR count). The second-order valence-electron chi connectivity index (χ2n) is 4.92. The lowest BCUT2D eigenvalue weighted by atomic mass is 10.1. The van der Waals surface area contributed by atoms with Crippen LogP contribution >= 0.6 is 0 Å². The quantitative estimate of drug-likeness (QED) is 0.798. The summed E-state index contributed by atoms with van der Waals surface area (Å²) in [5, 5.41) is 14.1. The van der Waals surface area contributed by atoms with Crippen molar-refractivity contribution in [3.05, 3.63) is 17.6 Å². The molecule has 1 aromatic heterocycles. The van der Waals surface area contributed by atoms with Gasteiger partial charge in [-0.25, -0.2) is 14.8 Å². The number of anilines is 1. The monoisotopic (exact) mass is 304 g/mol. The first-order valence-electron chi connectivity index (χ1n) is 6.44. The molecule has 3 N–H and O–H groups in total. The van der Waals surface area contributed by atoms with Crippen LogP contribution < -0.4 is 10.6 Å². The molecule has 116 valence electrons. The molecule has 0 aromatic carbocycles. The third-order valence-corrected chi connectivity index (χ3v) is 3.38. The highest BCUT2D eigenvalue weighted by Gasteiger charge is 2.34. The van der Waals surface area contributed by atoms with E-state index in [1.807, 2.05) is 0 Å². The molecule has 1 heterocycles. The Morgan fingerprint density at radius 2 is 2.05 bits per heavy atom. The van der Waals surface area contributed by atoms with Gasteiger partial charge in [0.25, 0.3) is 0 Å². The summed E-state index contributed by atoms with van der Waals surface area (Å²) in [7, 11) is 0. The van der Waals surface area contributed by atoms with E-state index < -0.39 is 18.0 Å². The zero-order valence-corrected chi connectivity index (χ0v) is 11.2. The maximum absolute atomic E-state index is 12.5. The maximum atomic E-state index is 12.5. The fourth-order valence-electron chi connectivity index (χ4n) is 2.40. The largest absolute Gasteiger partial charge is 0.465 e. The van der Waals surface area contributed by atoms with Crippen molar-refractivity contribution in [2.75, 3.05) is 5.32 Å². The van der Waals surface area contributed by atoms with Crippen LogP contribution in [0.1, 0.15) is 30.7 Å². The highest BCUT2D eigenvalue weighted by molar-refractivity contribution is 5.65. The van der Waals surface area contributed by atoms with Crippen LogP contribution in [0.5, 0.6) is 0 Å². The van der Waals surface area contributed by atoms with Crippen LogP contribution in [0.4, 0.5) is 23.8 Å². The molecule has 0 bridgehead atoms. The first-order chi connectivity index (χ1) is 9.77. The van der Waals surface area contributed by atoms with E-state index >= 15 is 0 Å². The van der Waals surface area contributed by atoms with E-state index in [0.29, 0.717) is 19.0 Å². The molecule has 0 aliphatic heterocycles. The number of carboxylic acid groups (broad SMARTS) is 1. The van der Waals surface area contributed by atoms with Crippen molar-refractivity contribution in [3.8, 4) is 0 Å². The van der Waals surface area contributed by atoms with Gasteiger partial charge < -0.3 is 15.7 Å². The van der Waals surface area contributed by atoms with E-state index in [2.05, 4.69) is 20.6 Å². The zero-order chi connectivity index (χ0) is 15.6. The Kier molecular flexibility index (Phi) is 4.19. The normalized spacial score (nSPS) is 22.1. The predicted molar refractivity (Wildman–Crippen MR) is 68.0 cm³/mol. The molecule has 1 aliphatic rings. The van der Waals surface area contributed by atoms with Gasteiger partial charge in [-0.3, -0.25) is 0 Å². The molecule has 1 aliphatic carbocycles. The third-order valence-electron chi connectivity index (χ3n) is 3.38. The summed E-state index contributed by atoms with van der Waals surface area (Å²) in [6.45, 7) is 1.43. The molecule has 21 heavy (non-hydrogen) atoms. The first-order valence-corrected chi connectivity index (χ1v) is 6.44. The highest BCUT2D eigenvalue weighted by Crippen LogP contribution is 2.29. The van der Waals surface area contributed by atoms with Gasteiger partial charge >= 0.3 is 12.3 Å². The van der Waals surface area contributed by atoms with Crippen molar-refractivity contribution in [1.82, 2.24) is 15.3 Å². The fourth-order valence-corrected chi connectivity index (χ4v) is 2.40. The third kappa shape index (κ3) is 3.73. The summed E-state index contributed by atoms with van der Waals surface area (Å²) < 4.78 is 37.5. The van der Waals surface area contributed by atoms with Gasteiger partial charge in [-0.2, -0.15) is 13.2 Å².